The average Bonchev–Trinajstić information content (AvgIpc) is 2.92. The lowest BCUT2D eigenvalue weighted by Crippen LogP contribution is -2.11. The molecule has 0 spiro atoms. The summed E-state index contributed by atoms with van der Waals surface area (Å²) in [7, 11) is 0. The van der Waals surface area contributed by atoms with Gasteiger partial charge in [0.05, 0.1) is 0 Å². The van der Waals surface area contributed by atoms with Gasteiger partial charge in [-0.25, -0.2) is 0 Å². The molecular weight excluding hydrogens is 242 g/mol. The van der Waals surface area contributed by atoms with E-state index in [1.807, 2.05) is 37.3 Å². The summed E-state index contributed by atoms with van der Waals surface area (Å²) < 4.78 is 10.8. The quantitative estimate of drug-likeness (QED) is 0.772. The fourth-order valence-corrected chi connectivity index (χ4v) is 1.77. The molecule has 0 saturated heterocycles. The fourth-order valence-electron chi connectivity index (χ4n) is 1.77. The molecule has 1 heterocycles. The van der Waals surface area contributed by atoms with E-state index in [-0.39, 0.29) is 6.04 Å². The second kappa shape index (κ2) is 7.01. The van der Waals surface area contributed by atoms with Crippen molar-refractivity contribution >= 4 is 0 Å². The van der Waals surface area contributed by atoms with Gasteiger partial charge in [0, 0.05) is 19.6 Å². The highest BCUT2D eigenvalue weighted by molar-refractivity contribution is 5.22. The molecule has 1 aromatic carbocycles. The molecule has 0 bridgehead atoms. The van der Waals surface area contributed by atoms with E-state index >= 15 is 0 Å². The molecule has 5 heteroatoms. The molecular formula is C14H19N3O2. The van der Waals surface area contributed by atoms with Crippen LogP contribution in [0.3, 0.4) is 0 Å². The summed E-state index contributed by atoms with van der Waals surface area (Å²) in [4.78, 5) is 0. The molecule has 0 aliphatic rings. The summed E-state index contributed by atoms with van der Waals surface area (Å²) in [5, 5.41) is 8.02. The van der Waals surface area contributed by atoms with Crippen LogP contribution in [0.15, 0.2) is 34.7 Å². The van der Waals surface area contributed by atoms with Crippen molar-refractivity contribution in [3.63, 3.8) is 0 Å². The van der Waals surface area contributed by atoms with Gasteiger partial charge in [-0.2, -0.15) is 0 Å². The Hall–Kier alpha value is -1.72. The van der Waals surface area contributed by atoms with Crippen molar-refractivity contribution in [3.05, 3.63) is 47.7 Å². The molecule has 5 nitrogen and oxygen atoms in total. The number of rotatable bonds is 7. The van der Waals surface area contributed by atoms with E-state index in [1.165, 1.54) is 0 Å². The van der Waals surface area contributed by atoms with Crippen molar-refractivity contribution in [1.29, 1.82) is 0 Å². The maximum Gasteiger partial charge on any atom is 0.237 e. The van der Waals surface area contributed by atoms with E-state index in [0.717, 1.165) is 18.6 Å². The van der Waals surface area contributed by atoms with Crippen molar-refractivity contribution in [2.45, 2.75) is 25.8 Å². The largest absolute Gasteiger partial charge is 0.423 e. The molecule has 102 valence electrons. The molecule has 0 aliphatic carbocycles. The highest BCUT2D eigenvalue weighted by Gasteiger charge is 2.15. The maximum atomic E-state index is 6.09. The SMILES string of the molecule is CCOCCCc1nnc(C(N)c2ccccc2)o1. The van der Waals surface area contributed by atoms with E-state index in [0.29, 0.717) is 24.8 Å². The number of hydrogen-bond acceptors (Lipinski definition) is 5. The minimum atomic E-state index is -0.366. The van der Waals surface area contributed by atoms with Crippen LogP contribution in [0.1, 0.15) is 36.7 Å². The summed E-state index contributed by atoms with van der Waals surface area (Å²) >= 11 is 0. The average molecular weight is 261 g/mol. The molecule has 1 aromatic heterocycles. The Morgan fingerprint density at radius 1 is 1.26 bits per heavy atom. The third-order valence-corrected chi connectivity index (χ3v) is 2.79. The van der Waals surface area contributed by atoms with Gasteiger partial charge in [0.25, 0.3) is 0 Å². The second-order valence-electron chi connectivity index (χ2n) is 4.22. The number of nitrogens with two attached hydrogens (primary N) is 1. The lowest BCUT2D eigenvalue weighted by atomic mass is 10.1. The van der Waals surface area contributed by atoms with Crippen molar-refractivity contribution < 1.29 is 9.15 Å². The van der Waals surface area contributed by atoms with E-state index < -0.39 is 0 Å². The molecule has 2 N–H and O–H groups in total. The lowest BCUT2D eigenvalue weighted by Gasteiger charge is -2.06. The zero-order valence-corrected chi connectivity index (χ0v) is 11.1. The number of nitrogens with zero attached hydrogens (tertiary/aromatic N) is 2. The van der Waals surface area contributed by atoms with E-state index in [2.05, 4.69) is 10.2 Å². The molecule has 0 saturated carbocycles. The summed E-state index contributed by atoms with van der Waals surface area (Å²) in [6.07, 6.45) is 1.59. The lowest BCUT2D eigenvalue weighted by molar-refractivity contribution is 0.143. The first kappa shape index (κ1) is 13.7. The highest BCUT2D eigenvalue weighted by atomic mass is 16.5. The summed E-state index contributed by atoms with van der Waals surface area (Å²) in [5.41, 5.74) is 7.05. The predicted octanol–water partition coefficient (Wildman–Crippen LogP) is 2.09. The van der Waals surface area contributed by atoms with Gasteiger partial charge in [-0.1, -0.05) is 30.3 Å². The minimum absolute atomic E-state index is 0.366. The van der Waals surface area contributed by atoms with Crippen LogP contribution in [-0.2, 0) is 11.2 Å². The van der Waals surface area contributed by atoms with E-state index in [9.17, 15) is 0 Å². The summed E-state index contributed by atoms with van der Waals surface area (Å²) in [6, 6.07) is 9.36. The van der Waals surface area contributed by atoms with Gasteiger partial charge >= 0.3 is 0 Å². The Morgan fingerprint density at radius 2 is 2.05 bits per heavy atom. The zero-order valence-electron chi connectivity index (χ0n) is 11.1. The van der Waals surface area contributed by atoms with Crippen LogP contribution in [0.4, 0.5) is 0 Å². The Kier molecular flexibility index (Phi) is 5.06. The number of aryl methyl sites for hydroxylation is 1. The number of benzene rings is 1. The highest BCUT2D eigenvalue weighted by Crippen LogP contribution is 2.18. The summed E-state index contributed by atoms with van der Waals surface area (Å²) in [6.45, 7) is 3.41. The van der Waals surface area contributed by atoms with Gasteiger partial charge < -0.3 is 14.9 Å². The molecule has 0 radical (unpaired) electrons. The van der Waals surface area contributed by atoms with Gasteiger partial charge in [-0.15, -0.1) is 10.2 Å². The standard InChI is InChI=1S/C14H19N3O2/c1-2-18-10-6-9-12-16-17-14(19-12)13(15)11-7-4-3-5-8-11/h3-5,7-8,13H,2,6,9-10,15H2,1H3. The maximum absolute atomic E-state index is 6.09. The molecule has 19 heavy (non-hydrogen) atoms. The van der Waals surface area contributed by atoms with Crippen LogP contribution >= 0.6 is 0 Å². The van der Waals surface area contributed by atoms with Crippen molar-refractivity contribution in [2.75, 3.05) is 13.2 Å². The van der Waals surface area contributed by atoms with Crippen LogP contribution in [0.25, 0.3) is 0 Å². The van der Waals surface area contributed by atoms with Gasteiger partial charge in [-0.05, 0) is 18.9 Å². The van der Waals surface area contributed by atoms with Crippen LogP contribution in [0, 0.1) is 0 Å². The first-order valence-corrected chi connectivity index (χ1v) is 6.51. The number of ether oxygens (including phenoxy) is 1. The molecule has 0 fully saturated rings. The molecule has 2 aromatic rings. The Labute approximate surface area is 112 Å². The minimum Gasteiger partial charge on any atom is -0.423 e. The predicted molar refractivity (Wildman–Crippen MR) is 71.6 cm³/mol. The first-order valence-electron chi connectivity index (χ1n) is 6.51. The Balaban J connectivity index is 1.93. The molecule has 2 rings (SSSR count). The zero-order chi connectivity index (χ0) is 13.5. The fraction of sp³-hybridized carbons (Fsp3) is 0.429. The summed E-state index contributed by atoms with van der Waals surface area (Å²) in [5.74, 6) is 1.07. The molecule has 0 amide bonds. The Morgan fingerprint density at radius 3 is 2.79 bits per heavy atom. The van der Waals surface area contributed by atoms with Crippen molar-refractivity contribution in [1.82, 2.24) is 10.2 Å². The molecule has 0 aliphatic heterocycles. The van der Waals surface area contributed by atoms with Gasteiger partial charge in [-0.3, -0.25) is 0 Å². The van der Waals surface area contributed by atoms with Crippen molar-refractivity contribution in [2.24, 2.45) is 5.73 Å². The van der Waals surface area contributed by atoms with E-state index in [4.69, 9.17) is 14.9 Å². The molecule has 1 unspecified atom stereocenters. The van der Waals surface area contributed by atoms with Crippen LogP contribution < -0.4 is 5.73 Å². The number of aromatic nitrogens is 2. The van der Waals surface area contributed by atoms with Crippen LogP contribution in [0.2, 0.25) is 0 Å². The smallest absolute Gasteiger partial charge is 0.237 e. The van der Waals surface area contributed by atoms with Crippen LogP contribution in [-0.4, -0.2) is 23.4 Å². The monoisotopic (exact) mass is 261 g/mol. The number of hydrogen-bond donors (Lipinski definition) is 1. The van der Waals surface area contributed by atoms with Gasteiger partial charge in [0.15, 0.2) is 0 Å². The Bertz CT molecular complexity index is 484. The topological polar surface area (TPSA) is 74.2 Å². The first-order chi connectivity index (χ1) is 9.31. The van der Waals surface area contributed by atoms with Crippen LogP contribution in [0.5, 0.6) is 0 Å². The molecule has 1 atom stereocenters. The van der Waals surface area contributed by atoms with E-state index in [1.54, 1.807) is 0 Å². The van der Waals surface area contributed by atoms with Gasteiger partial charge in [0.1, 0.15) is 6.04 Å². The van der Waals surface area contributed by atoms with Crippen molar-refractivity contribution in [3.8, 4) is 0 Å². The normalized spacial score (nSPS) is 12.5. The second-order valence-corrected chi connectivity index (χ2v) is 4.22. The van der Waals surface area contributed by atoms with Gasteiger partial charge in [0.2, 0.25) is 11.8 Å². The third-order valence-electron chi connectivity index (χ3n) is 2.79. The third kappa shape index (κ3) is 3.87.